The Morgan fingerprint density at radius 3 is 2.61 bits per heavy atom. The second-order valence-corrected chi connectivity index (χ2v) is 12.6. The molecule has 1 amide bonds. The van der Waals surface area contributed by atoms with Crippen molar-refractivity contribution in [3.63, 3.8) is 0 Å². The summed E-state index contributed by atoms with van der Waals surface area (Å²) in [5.41, 5.74) is 3.81. The third kappa shape index (κ3) is 6.53. The molecule has 0 saturated carbocycles. The van der Waals surface area contributed by atoms with E-state index in [4.69, 9.17) is 19.5 Å². The highest BCUT2D eigenvalue weighted by molar-refractivity contribution is 7.92. The molecule has 0 bridgehead atoms. The molecule has 0 radical (unpaired) electrons. The highest BCUT2D eigenvalue weighted by Gasteiger charge is 2.23. The molecule has 214 valence electrons. The third-order valence-corrected chi connectivity index (χ3v) is 8.89. The Morgan fingerprint density at radius 2 is 1.85 bits per heavy atom. The molecule has 1 aromatic carbocycles. The van der Waals surface area contributed by atoms with E-state index >= 15 is 0 Å². The fourth-order valence-electron chi connectivity index (χ4n) is 5.01. The van der Waals surface area contributed by atoms with Crippen molar-refractivity contribution in [3.8, 4) is 11.4 Å². The normalized spacial score (nSPS) is 18.7. The maximum Gasteiger partial charge on any atom is 0.251 e. The number of pyridine rings is 3. The summed E-state index contributed by atoms with van der Waals surface area (Å²) in [6.45, 7) is 7.23. The van der Waals surface area contributed by atoms with Crippen molar-refractivity contribution in [3.05, 3.63) is 77.6 Å². The van der Waals surface area contributed by atoms with Gasteiger partial charge in [0.05, 0.1) is 68.3 Å². The molecule has 10 nitrogen and oxygen atoms in total. The number of hydrogen-bond acceptors (Lipinski definition) is 9. The average molecular weight is 575 g/mol. The lowest BCUT2D eigenvalue weighted by Gasteiger charge is -2.36. The number of carbonyl (C=O) groups is 1. The second-order valence-electron chi connectivity index (χ2n) is 10.4. The maximum atomic E-state index is 12.9. The molecule has 41 heavy (non-hydrogen) atoms. The van der Waals surface area contributed by atoms with Gasteiger partial charge in [0.15, 0.2) is 0 Å². The van der Waals surface area contributed by atoms with Crippen molar-refractivity contribution in [2.24, 2.45) is 0 Å². The van der Waals surface area contributed by atoms with Gasteiger partial charge in [-0.2, -0.15) is 0 Å². The summed E-state index contributed by atoms with van der Waals surface area (Å²) in [7, 11) is -3.19. The fraction of sp³-hybridized carbons (Fsp3) is 0.333. The molecule has 3 atom stereocenters. The van der Waals surface area contributed by atoms with Gasteiger partial charge in [0, 0.05) is 30.2 Å². The predicted molar refractivity (Wildman–Crippen MR) is 158 cm³/mol. The SMILES string of the molecule is Cc1ccc(C(=O)NCc2cc3nc(-c4cccc(N5C[C@@H](C)O[C@@H](C)C5)n4)ccc3cn2)cc1S(=N)(=O)CCO. The minimum atomic E-state index is -3.19. The molecule has 3 aromatic heterocycles. The van der Waals surface area contributed by atoms with Crippen LogP contribution in [0, 0.1) is 11.7 Å². The Morgan fingerprint density at radius 1 is 1.10 bits per heavy atom. The molecule has 1 unspecified atom stereocenters. The van der Waals surface area contributed by atoms with Crippen LogP contribution in [-0.2, 0) is 21.0 Å². The van der Waals surface area contributed by atoms with Crippen molar-refractivity contribution in [1.82, 2.24) is 20.3 Å². The number of nitrogens with zero attached hydrogens (tertiary/aromatic N) is 4. The van der Waals surface area contributed by atoms with Gasteiger partial charge in [0.25, 0.3) is 5.91 Å². The lowest BCUT2D eigenvalue weighted by Crippen LogP contribution is -2.45. The van der Waals surface area contributed by atoms with Crippen molar-refractivity contribution in [2.45, 2.75) is 44.4 Å². The Balaban J connectivity index is 1.33. The van der Waals surface area contributed by atoms with Crippen LogP contribution in [0.4, 0.5) is 5.82 Å². The monoisotopic (exact) mass is 574 g/mol. The summed E-state index contributed by atoms with van der Waals surface area (Å²) < 4.78 is 26.7. The molecule has 11 heteroatoms. The van der Waals surface area contributed by atoms with E-state index in [0.29, 0.717) is 16.8 Å². The van der Waals surface area contributed by atoms with Crippen LogP contribution in [0.15, 0.2) is 65.7 Å². The van der Waals surface area contributed by atoms with Crippen LogP contribution >= 0.6 is 0 Å². The quantitative estimate of drug-likeness (QED) is 0.287. The Labute approximate surface area is 239 Å². The van der Waals surface area contributed by atoms with Crippen LogP contribution in [0.25, 0.3) is 22.3 Å². The van der Waals surface area contributed by atoms with Crippen LogP contribution in [0.1, 0.15) is 35.5 Å². The van der Waals surface area contributed by atoms with Crippen molar-refractivity contribution in [1.29, 1.82) is 4.78 Å². The first-order chi connectivity index (χ1) is 19.6. The summed E-state index contributed by atoms with van der Waals surface area (Å²) in [5, 5.41) is 12.9. The zero-order chi connectivity index (χ0) is 29.1. The molecule has 1 aliphatic rings. The number of benzene rings is 1. The Bertz CT molecular complexity index is 1680. The summed E-state index contributed by atoms with van der Waals surface area (Å²) in [4.78, 5) is 29.6. The number of ether oxygens (including phenoxy) is 1. The standard InChI is InChI=1S/C30H34N6O4S/c1-19-7-8-22(13-28(19)41(31,39)12-11-37)30(38)33-16-24-14-27-23(15-32-24)9-10-26(34-27)25-5-4-6-29(35-25)36-17-20(2)40-21(3)18-36/h4-10,13-15,20-21,31,37H,11-12,16-18H2,1-3H3,(H,33,38)/t20-,21+,41?. The number of nitrogens with one attached hydrogen (secondary N) is 2. The topological polar surface area (TPSA) is 141 Å². The van der Waals surface area contributed by atoms with E-state index in [2.05, 4.69) is 29.0 Å². The average Bonchev–Trinajstić information content (AvgIpc) is 2.95. The number of carbonyl (C=O) groups excluding carboxylic acids is 1. The maximum absolute atomic E-state index is 12.9. The van der Waals surface area contributed by atoms with Gasteiger partial charge < -0.3 is 20.1 Å². The number of morpholine rings is 1. The summed E-state index contributed by atoms with van der Waals surface area (Å²) in [6, 6.07) is 16.4. The zero-order valence-electron chi connectivity index (χ0n) is 23.3. The van der Waals surface area contributed by atoms with Gasteiger partial charge >= 0.3 is 0 Å². The summed E-state index contributed by atoms with van der Waals surface area (Å²) in [5.74, 6) is 0.337. The van der Waals surface area contributed by atoms with E-state index in [1.54, 1.807) is 25.3 Å². The van der Waals surface area contributed by atoms with Gasteiger partial charge in [0.2, 0.25) is 0 Å². The molecule has 4 heterocycles. The summed E-state index contributed by atoms with van der Waals surface area (Å²) >= 11 is 0. The smallest absolute Gasteiger partial charge is 0.251 e. The number of anilines is 1. The van der Waals surface area contributed by atoms with E-state index < -0.39 is 9.73 Å². The molecule has 0 aliphatic carbocycles. The van der Waals surface area contributed by atoms with E-state index in [1.807, 2.05) is 36.4 Å². The first-order valence-corrected chi connectivity index (χ1v) is 15.3. The number of aliphatic hydroxyl groups excluding tert-OH is 1. The summed E-state index contributed by atoms with van der Waals surface area (Å²) in [6.07, 6.45) is 1.99. The first-order valence-electron chi connectivity index (χ1n) is 13.5. The zero-order valence-corrected chi connectivity index (χ0v) is 24.1. The van der Waals surface area contributed by atoms with Crippen molar-refractivity contribution in [2.75, 3.05) is 30.3 Å². The molecule has 1 saturated heterocycles. The van der Waals surface area contributed by atoms with Gasteiger partial charge in [-0.3, -0.25) is 9.78 Å². The van der Waals surface area contributed by atoms with Gasteiger partial charge in [-0.1, -0.05) is 12.1 Å². The van der Waals surface area contributed by atoms with Crippen LogP contribution in [0.2, 0.25) is 0 Å². The van der Waals surface area contributed by atoms with Crippen molar-refractivity contribution < 1.29 is 18.8 Å². The third-order valence-electron chi connectivity index (χ3n) is 6.99. The van der Waals surface area contributed by atoms with Gasteiger partial charge in [-0.05, 0) is 68.8 Å². The molecule has 4 aromatic rings. The number of amides is 1. The predicted octanol–water partition coefficient (Wildman–Crippen LogP) is 3.94. The second kappa shape index (κ2) is 11.9. The fourth-order valence-corrected chi connectivity index (χ4v) is 6.39. The molecular formula is C30H34N6O4S. The number of aryl methyl sites for hydroxylation is 1. The highest BCUT2D eigenvalue weighted by atomic mass is 32.2. The van der Waals surface area contributed by atoms with Crippen LogP contribution in [-0.4, -0.2) is 67.8 Å². The van der Waals surface area contributed by atoms with E-state index in [9.17, 15) is 14.1 Å². The molecule has 1 aliphatic heterocycles. The first kappa shape index (κ1) is 28.6. The molecule has 1 fully saturated rings. The van der Waals surface area contributed by atoms with Crippen molar-refractivity contribution >= 4 is 32.4 Å². The van der Waals surface area contributed by atoms with Crippen LogP contribution < -0.4 is 10.2 Å². The van der Waals surface area contributed by atoms with E-state index in [-0.39, 0.29) is 41.9 Å². The van der Waals surface area contributed by atoms with Gasteiger partial charge in [-0.25, -0.2) is 19.0 Å². The van der Waals surface area contributed by atoms with E-state index in [1.165, 1.54) is 6.07 Å². The minimum absolute atomic E-state index is 0.132. The lowest BCUT2D eigenvalue weighted by molar-refractivity contribution is -0.00545. The largest absolute Gasteiger partial charge is 0.395 e. The number of aliphatic hydroxyl groups is 1. The highest BCUT2D eigenvalue weighted by Crippen LogP contribution is 2.24. The molecule has 5 rings (SSSR count). The number of hydrogen-bond donors (Lipinski definition) is 3. The van der Waals surface area contributed by atoms with Gasteiger partial charge in [0.1, 0.15) is 5.82 Å². The van der Waals surface area contributed by atoms with Crippen LogP contribution in [0.3, 0.4) is 0 Å². The number of fused-ring (bicyclic) bond motifs is 1. The molecule has 0 spiro atoms. The molecular weight excluding hydrogens is 540 g/mol. The minimum Gasteiger partial charge on any atom is -0.395 e. The molecule has 3 N–H and O–H groups in total. The van der Waals surface area contributed by atoms with Gasteiger partial charge in [-0.15, -0.1) is 0 Å². The lowest BCUT2D eigenvalue weighted by atomic mass is 10.1. The number of rotatable bonds is 8. The number of aromatic nitrogens is 3. The van der Waals surface area contributed by atoms with Crippen LogP contribution in [0.5, 0.6) is 0 Å². The Hall–Kier alpha value is -3.93. The van der Waals surface area contributed by atoms with E-state index in [0.717, 1.165) is 41.2 Å². The Kier molecular flexibility index (Phi) is 8.30.